The van der Waals surface area contributed by atoms with E-state index in [0.717, 1.165) is 69.3 Å². The Labute approximate surface area is 236 Å². The molecule has 2 aliphatic rings. The largest absolute Gasteiger partial charge is 0.368 e. The first-order valence-corrected chi connectivity index (χ1v) is 14.4. The number of thiocarbonyl (C=S) groups is 1. The molecule has 2 N–H and O–H groups in total. The summed E-state index contributed by atoms with van der Waals surface area (Å²) < 4.78 is 13.1. The molecule has 5 rings (SSSR count). The molecule has 0 unspecified atom stereocenters. The quantitative estimate of drug-likeness (QED) is 0.299. The normalized spacial score (nSPS) is 17.7. The van der Waals surface area contributed by atoms with Gasteiger partial charge in [-0.3, -0.25) is 0 Å². The van der Waals surface area contributed by atoms with Gasteiger partial charge in [-0.05, 0) is 73.6 Å². The molecule has 39 heavy (non-hydrogen) atoms. The summed E-state index contributed by atoms with van der Waals surface area (Å²) in [7, 11) is 0. The molecule has 0 amide bonds. The van der Waals surface area contributed by atoms with Crippen molar-refractivity contribution < 1.29 is 4.39 Å². The number of nitrogens with zero attached hydrogens (tertiary/aromatic N) is 5. The lowest BCUT2D eigenvalue weighted by Crippen LogP contribution is -2.47. The van der Waals surface area contributed by atoms with E-state index in [1.54, 1.807) is 0 Å². The minimum Gasteiger partial charge on any atom is -0.368 e. The van der Waals surface area contributed by atoms with Crippen LogP contribution in [0, 0.1) is 11.7 Å². The number of halogens is 1. The van der Waals surface area contributed by atoms with E-state index in [4.69, 9.17) is 22.2 Å². The smallest absolute Gasteiger partial charge is 0.232 e. The van der Waals surface area contributed by atoms with Crippen molar-refractivity contribution in [2.45, 2.75) is 32.6 Å². The zero-order valence-corrected chi connectivity index (χ0v) is 23.5. The van der Waals surface area contributed by atoms with Crippen LogP contribution in [0.3, 0.4) is 0 Å². The molecule has 2 fully saturated rings. The summed E-state index contributed by atoms with van der Waals surface area (Å²) in [5, 5.41) is 7.02. The maximum atomic E-state index is 13.1. The molecule has 0 bridgehead atoms. The van der Waals surface area contributed by atoms with Crippen LogP contribution >= 0.6 is 12.2 Å². The van der Waals surface area contributed by atoms with E-state index < -0.39 is 0 Å². The molecule has 7 nitrogen and oxygen atoms in total. The summed E-state index contributed by atoms with van der Waals surface area (Å²) >= 11 is 5.59. The maximum absolute atomic E-state index is 13.1. The van der Waals surface area contributed by atoms with Gasteiger partial charge in [0.05, 0.1) is 0 Å². The molecule has 0 radical (unpaired) electrons. The number of aryl methyl sites for hydroxylation is 1. The summed E-state index contributed by atoms with van der Waals surface area (Å²) in [6, 6.07) is 19.4. The molecule has 0 spiro atoms. The van der Waals surface area contributed by atoms with Crippen molar-refractivity contribution in [3.05, 3.63) is 72.0 Å². The number of anilines is 4. The lowest BCUT2D eigenvalue weighted by Gasteiger charge is -2.37. The number of piperazine rings is 1. The molecule has 3 aromatic rings. The van der Waals surface area contributed by atoms with Crippen LogP contribution in [0.2, 0.25) is 0 Å². The number of para-hydroxylation sites is 1. The SMILES string of the molecule is C[C@H]1CCCN(c2cc(N3CCN(c4ccccc4)CC3)nc(NC(=S)NCCCc3ccc(F)cc3)n2)C1. The second-order valence-electron chi connectivity index (χ2n) is 10.5. The Morgan fingerprint density at radius 3 is 2.33 bits per heavy atom. The van der Waals surface area contributed by atoms with E-state index in [2.05, 4.69) is 68.7 Å². The number of piperidine rings is 1. The van der Waals surface area contributed by atoms with Crippen molar-refractivity contribution in [3.63, 3.8) is 0 Å². The lowest BCUT2D eigenvalue weighted by molar-refractivity contribution is 0.444. The summed E-state index contributed by atoms with van der Waals surface area (Å²) in [5.74, 6) is 2.86. The zero-order chi connectivity index (χ0) is 27.0. The molecular weight excluding hydrogens is 509 g/mol. The fraction of sp³-hybridized carbons (Fsp3) is 0.433. The van der Waals surface area contributed by atoms with E-state index in [1.165, 1.54) is 30.7 Å². The third-order valence-electron chi connectivity index (χ3n) is 7.47. The van der Waals surface area contributed by atoms with Gasteiger partial charge in [0.25, 0.3) is 0 Å². The van der Waals surface area contributed by atoms with Gasteiger partial charge < -0.3 is 25.3 Å². The summed E-state index contributed by atoms with van der Waals surface area (Å²) in [6.07, 6.45) is 4.17. The molecule has 9 heteroatoms. The van der Waals surface area contributed by atoms with Gasteiger partial charge in [0.2, 0.25) is 5.95 Å². The highest BCUT2D eigenvalue weighted by atomic mass is 32.1. The van der Waals surface area contributed by atoms with Crippen LogP contribution in [-0.2, 0) is 6.42 Å². The van der Waals surface area contributed by atoms with Crippen LogP contribution in [0.4, 0.5) is 27.7 Å². The number of rotatable bonds is 8. The van der Waals surface area contributed by atoms with E-state index in [-0.39, 0.29) is 5.82 Å². The van der Waals surface area contributed by atoms with Crippen molar-refractivity contribution in [1.82, 2.24) is 15.3 Å². The number of hydrogen-bond donors (Lipinski definition) is 2. The van der Waals surface area contributed by atoms with Crippen molar-refractivity contribution in [1.29, 1.82) is 0 Å². The van der Waals surface area contributed by atoms with Crippen LogP contribution in [0.15, 0.2) is 60.7 Å². The summed E-state index contributed by atoms with van der Waals surface area (Å²) in [5.41, 5.74) is 2.38. The van der Waals surface area contributed by atoms with E-state index in [9.17, 15) is 4.39 Å². The number of hydrogen-bond acceptors (Lipinski definition) is 6. The molecule has 206 valence electrons. The summed E-state index contributed by atoms with van der Waals surface area (Å²) in [6.45, 7) is 8.71. The Morgan fingerprint density at radius 1 is 0.923 bits per heavy atom. The van der Waals surface area contributed by atoms with Gasteiger partial charge in [0.15, 0.2) is 5.11 Å². The van der Waals surface area contributed by atoms with E-state index in [1.807, 2.05) is 12.1 Å². The molecular formula is C30H38FN7S. The van der Waals surface area contributed by atoms with Crippen LogP contribution < -0.4 is 25.3 Å². The maximum Gasteiger partial charge on any atom is 0.232 e. The van der Waals surface area contributed by atoms with Crippen LogP contribution in [-0.4, -0.2) is 60.9 Å². The standard InChI is InChI=1S/C30H38FN7S/c1-23-7-6-16-38(22-23)28-21-27(37-19-17-36(18-20-37)26-9-3-2-4-10-26)33-29(34-28)35-30(39)32-15-5-8-24-11-13-25(31)14-12-24/h2-4,9-14,21,23H,5-8,15-20,22H2,1H3,(H2,32,33,34,35,39)/t23-/m0/s1. The molecule has 1 aromatic heterocycles. The molecule has 2 saturated heterocycles. The third-order valence-corrected chi connectivity index (χ3v) is 7.72. The van der Waals surface area contributed by atoms with Crippen LogP contribution in [0.5, 0.6) is 0 Å². The second kappa shape index (κ2) is 13.1. The van der Waals surface area contributed by atoms with Crippen molar-refractivity contribution >= 4 is 40.6 Å². The number of nitrogens with one attached hydrogen (secondary N) is 2. The predicted molar refractivity (Wildman–Crippen MR) is 162 cm³/mol. The number of benzene rings is 2. The minimum atomic E-state index is -0.207. The predicted octanol–water partition coefficient (Wildman–Crippen LogP) is 5.10. The van der Waals surface area contributed by atoms with E-state index in [0.29, 0.717) is 23.5 Å². The van der Waals surface area contributed by atoms with Gasteiger partial charge in [0.1, 0.15) is 17.5 Å². The Hall–Kier alpha value is -3.46. The van der Waals surface area contributed by atoms with Gasteiger partial charge in [-0.1, -0.05) is 37.3 Å². The highest BCUT2D eigenvalue weighted by molar-refractivity contribution is 7.80. The number of aromatic nitrogens is 2. The van der Waals surface area contributed by atoms with Crippen LogP contribution in [0.1, 0.15) is 31.7 Å². The van der Waals surface area contributed by atoms with Crippen molar-refractivity contribution in [2.24, 2.45) is 5.92 Å². The molecule has 0 aliphatic carbocycles. The van der Waals surface area contributed by atoms with Crippen molar-refractivity contribution in [3.8, 4) is 0 Å². The zero-order valence-electron chi connectivity index (χ0n) is 22.7. The molecule has 2 aliphatic heterocycles. The average molecular weight is 548 g/mol. The van der Waals surface area contributed by atoms with Crippen LogP contribution in [0.25, 0.3) is 0 Å². The first kappa shape index (κ1) is 27.1. The first-order valence-electron chi connectivity index (χ1n) is 14.0. The summed E-state index contributed by atoms with van der Waals surface area (Å²) in [4.78, 5) is 16.9. The monoisotopic (exact) mass is 547 g/mol. The van der Waals surface area contributed by atoms with Gasteiger partial charge in [-0.25, -0.2) is 4.39 Å². The molecule has 0 saturated carbocycles. The average Bonchev–Trinajstić information content (AvgIpc) is 2.97. The van der Waals surface area contributed by atoms with Gasteiger partial charge >= 0.3 is 0 Å². The highest BCUT2D eigenvalue weighted by Crippen LogP contribution is 2.27. The lowest BCUT2D eigenvalue weighted by atomic mass is 10.0. The second-order valence-corrected chi connectivity index (χ2v) is 10.9. The molecule has 2 aromatic carbocycles. The Bertz CT molecular complexity index is 1220. The third kappa shape index (κ3) is 7.56. The fourth-order valence-corrected chi connectivity index (χ4v) is 5.52. The molecule has 3 heterocycles. The van der Waals surface area contributed by atoms with Gasteiger partial charge in [0, 0.05) is 57.6 Å². The Kier molecular flexibility index (Phi) is 9.08. The fourth-order valence-electron chi connectivity index (χ4n) is 5.32. The Morgan fingerprint density at radius 2 is 1.62 bits per heavy atom. The molecule has 1 atom stereocenters. The minimum absolute atomic E-state index is 0.207. The highest BCUT2D eigenvalue weighted by Gasteiger charge is 2.23. The topological polar surface area (TPSA) is 59.6 Å². The van der Waals surface area contributed by atoms with Gasteiger partial charge in [-0.15, -0.1) is 0 Å². The van der Waals surface area contributed by atoms with Crippen molar-refractivity contribution in [2.75, 3.05) is 65.8 Å². The van der Waals surface area contributed by atoms with E-state index >= 15 is 0 Å². The Balaban J connectivity index is 1.23. The van der Waals surface area contributed by atoms with Gasteiger partial charge in [-0.2, -0.15) is 9.97 Å². The first-order chi connectivity index (χ1) is 19.0.